The normalized spacial score (nSPS) is 15.1. The first-order valence-electron chi connectivity index (χ1n) is 18.9. The standard InChI is InChI=1S/C52H38N2S/c1-32-28-38-21-10-11-22-39(38)29-44(32)48-41(27-26-35-16-12-13-23-42(35)48)33(2)45-30-40(31-46-43-24-14-15-25-47(43)55-51(45)46)50-34(3)49(36-17-6-4-7-18-36)53-52(54-50)37-19-8-5-9-20-37/h4-31,33,49H,3H2,1-2H3/t33-,49?/m1/s1. The summed E-state index contributed by atoms with van der Waals surface area (Å²) in [6, 6.07) is 61.0. The largest absolute Gasteiger partial charge is 0.253 e. The number of rotatable bonds is 6. The summed E-state index contributed by atoms with van der Waals surface area (Å²) in [5, 5.41) is 7.54. The van der Waals surface area contributed by atoms with Gasteiger partial charge in [0.15, 0.2) is 5.84 Å². The van der Waals surface area contributed by atoms with Crippen molar-refractivity contribution in [1.82, 2.24) is 0 Å². The van der Waals surface area contributed by atoms with Crippen LogP contribution in [-0.4, -0.2) is 11.5 Å². The van der Waals surface area contributed by atoms with E-state index >= 15 is 0 Å². The first-order valence-corrected chi connectivity index (χ1v) is 19.8. The van der Waals surface area contributed by atoms with E-state index in [9.17, 15) is 0 Å². The lowest BCUT2D eigenvalue weighted by Gasteiger charge is -2.25. The number of aryl methyl sites for hydroxylation is 1. The molecule has 0 amide bonds. The van der Waals surface area contributed by atoms with Crippen LogP contribution in [0.3, 0.4) is 0 Å². The van der Waals surface area contributed by atoms with Crippen molar-refractivity contribution < 1.29 is 0 Å². The fraction of sp³-hybridized carbons (Fsp3) is 0.0769. The van der Waals surface area contributed by atoms with Gasteiger partial charge in [0.25, 0.3) is 0 Å². The lowest BCUT2D eigenvalue weighted by molar-refractivity contribution is 0.874. The molecule has 55 heavy (non-hydrogen) atoms. The van der Waals surface area contributed by atoms with Crippen LogP contribution >= 0.6 is 11.3 Å². The third-order valence-electron chi connectivity index (χ3n) is 11.3. The minimum atomic E-state index is -0.248. The zero-order valence-corrected chi connectivity index (χ0v) is 31.6. The first-order chi connectivity index (χ1) is 27.0. The topological polar surface area (TPSA) is 24.7 Å². The molecule has 2 nitrogen and oxygen atoms in total. The van der Waals surface area contributed by atoms with Gasteiger partial charge in [-0.2, -0.15) is 0 Å². The van der Waals surface area contributed by atoms with Crippen molar-refractivity contribution in [3.8, 4) is 11.1 Å². The Morgan fingerprint density at radius 1 is 0.582 bits per heavy atom. The van der Waals surface area contributed by atoms with Crippen LogP contribution < -0.4 is 0 Å². The van der Waals surface area contributed by atoms with Crippen LogP contribution in [0.25, 0.3) is 52.8 Å². The van der Waals surface area contributed by atoms with Crippen LogP contribution in [0, 0.1) is 6.92 Å². The van der Waals surface area contributed by atoms with E-state index in [2.05, 4.69) is 178 Å². The van der Waals surface area contributed by atoms with Gasteiger partial charge in [0.05, 0.1) is 5.71 Å². The summed E-state index contributed by atoms with van der Waals surface area (Å²) >= 11 is 1.89. The Bertz CT molecular complexity index is 3020. The Morgan fingerprint density at radius 3 is 2.02 bits per heavy atom. The van der Waals surface area contributed by atoms with E-state index in [4.69, 9.17) is 16.6 Å². The number of aliphatic imine (C=N–C) groups is 2. The minimum absolute atomic E-state index is 0.0608. The maximum Gasteiger partial charge on any atom is 0.156 e. The second-order valence-corrected chi connectivity index (χ2v) is 15.7. The fourth-order valence-electron chi connectivity index (χ4n) is 8.48. The van der Waals surface area contributed by atoms with Gasteiger partial charge < -0.3 is 0 Å². The molecule has 2 heterocycles. The molecule has 1 unspecified atom stereocenters. The number of hydrogen-bond acceptors (Lipinski definition) is 3. The Kier molecular flexibility index (Phi) is 8.12. The van der Waals surface area contributed by atoms with E-state index in [0.29, 0.717) is 0 Å². The van der Waals surface area contributed by atoms with Gasteiger partial charge in [-0.15, -0.1) is 11.3 Å². The molecule has 0 saturated carbocycles. The van der Waals surface area contributed by atoms with Gasteiger partial charge in [-0.1, -0.05) is 159 Å². The van der Waals surface area contributed by atoms with Crippen LogP contribution in [0.2, 0.25) is 0 Å². The van der Waals surface area contributed by atoms with Crippen molar-refractivity contribution in [2.45, 2.75) is 25.8 Å². The van der Waals surface area contributed by atoms with E-state index < -0.39 is 0 Å². The number of fused-ring (bicyclic) bond motifs is 5. The third-order valence-corrected chi connectivity index (χ3v) is 12.5. The summed E-state index contributed by atoms with van der Waals surface area (Å²) in [5.41, 5.74) is 11.4. The summed E-state index contributed by atoms with van der Waals surface area (Å²) in [6.07, 6.45) is 0. The molecule has 2 atom stereocenters. The van der Waals surface area contributed by atoms with Gasteiger partial charge in [0.1, 0.15) is 6.04 Å². The third kappa shape index (κ3) is 5.71. The highest BCUT2D eigenvalue weighted by atomic mass is 32.1. The molecule has 0 radical (unpaired) electrons. The molecule has 1 aliphatic heterocycles. The number of benzene rings is 8. The van der Waals surface area contributed by atoms with Gasteiger partial charge in [0, 0.05) is 42.8 Å². The van der Waals surface area contributed by atoms with Gasteiger partial charge in [-0.25, -0.2) is 4.99 Å². The van der Waals surface area contributed by atoms with Crippen LogP contribution in [0.1, 0.15) is 52.3 Å². The maximum atomic E-state index is 5.34. The van der Waals surface area contributed by atoms with E-state index in [0.717, 1.165) is 33.8 Å². The SMILES string of the molecule is C=C1C(c2cc([C@H](C)c3ccc4ccccc4c3-c3cc4ccccc4cc3C)c3sc4ccccc4c3c2)=NC(c2ccccc2)=NC1c1ccccc1. The number of thiophene rings is 1. The molecule has 9 aromatic rings. The van der Waals surface area contributed by atoms with Crippen LogP contribution in [-0.2, 0) is 0 Å². The minimum Gasteiger partial charge on any atom is -0.253 e. The average molecular weight is 723 g/mol. The smallest absolute Gasteiger partial charge is 0.156 e. The molecule has 3 heteroatoms. The molecule has 0 spiro atoms. The summed E-state index contributed by atoms with van der Waals surface area (Å²) < 4.78 is 2.59. The molecule has 0 saturated heterocycles. The van der Waals surface area contributed by atoms with Crippen molar-refractivity contribution >= 4 is 64.6 Å². The summed E-state index contributed by atoms with van der Waals surface area (Å²) in [4.78, 5) is 10.6. The second-order valence-electron chi connectivity index (χ2n) is 14.6. The molecule has 0 bridgehead atoms. The van der Waals surface area contributed by atoms with Crippen molar-refractivity contribution in [1.29, 1.82) is 0 Å². The first kappa shape index (κ1) is 33.2. The summed E-state index contributed by atoms with van der Waals surface area (Å²) in [5.74, 6) is 0.788. The molecule has 0 N–H and O–H groups in total. The zero-order valence-electron chi connectivity index (χ0n) is 30.8. The molecule has 0 aliphatic carbocycles. The maximum absolute atomic E-state index is 5.34. The van der Waals surface area contributed by atoms with Crippen molar-refractivity contribution in [3.05, 3.63) is 215 Å². The van der Waals surface area contributed by atoms with Gasteiger partial charge in [-0.05, 0) is 86.1 Å². The van der Waals surface area contributed by atoms with E-state index in [1.165, 1.54) is 69.5 Å². The highest BCUT2D eigenvalue weighted by molar-refractivity contribution is 7.26. The average Bonchev–Trinajstić information content (AvgIpc) is 3.62. The Morgan fingerprint density at radius 2 is 1.24 bits per heavy atom. The molecule has 0 fully saturated rings. The molecule has 1 aliphatic rings. The second kappa shape index (κ2) is 13.5. The van der Waals surface area contributed by atoms with Crippen LogP contribution in [0.5, 0.6) is 0 Å². The lowest BCUT2D eigenvalue weighted by atomic mass is 9.81. The molecule has 262 valence electrons. The number of amidine groups is 1. The predicted molar refractivity (Wildman–Crippen MR) is 236 cm³/mol. The van der Waals surface area contributed by atoms with Crippen molar-refractivity contribution in [3.63, 3.8) is 0 Å². The van der Waals surface area contributed by atoms with Gasteiger partial charge in [-0.3, -0.25) is 4.99 Å². The van der Waals surface area contributed by atoms with Crippen LogP contribution in [0.4, 0.5) is 0 Å². The van der Waals surface area contributed by atoms with E-state index in [-0.39, 0.29) is 12.0 Å². The van der Waals surface area contributed by atoms with Crippen molar-refractivity contribution in [2.75, 3.05) is 0 Å². The lowest BCUT2D eigenvalue weighted by Crippen LogP contribution is -2.20. The monoisotopic (exact) mass is 722 g/mol. The van der Waals surface area contributed by atoms with Gasteiger partial charge in [0.2, 0.25) is 0 Å². The highest BCUT2D eigenvalue weighted by Gasteiger charge is 2.28. The highest BCUT2D eigenvalue weighted by Crippen LogP contribution is 2.46. The molecule has 1 aromatic heterocycles. The van der Waals surface area contributed by atoms with Gasteiger partial charge >= 0.3 is 0 Å². The fourth-order valence-corrected chi connectivity index (χ4v) is 9.76. The van der Waals surface area contributed by atoms with E-state index in [1.54, 1.807) is 0 Å². The number of hydrogen-bond donors (Lipinski definition) is 0. The Labute approximate surface area is 325 Å². The molecule has 8 aromatic carbocycles. The quantitative estimate of drug-likeness (QED) is 0.163. The molecular formula is C52H38N2S. The summed E-state index contributed by atoms with van der Waals surface area (Å²) in [6.45, 7) is 9.35. The molecule has 10 rings (SSSR count). The summed E-state index contributed by atoms with van der Waals surface area (Å²) in [7, 11) is 0. The zero-order chi connectivity index (χ0) is 37.0. The Hall–Kier alpha value is -6.42. The van der Waals surface area contributed by atoms with Crippen molar-refractivity contribution in [2.24, 2.45) is 9.98 Å². The van der Waals surface area contributed by atoms with Crippen LogP contribution in [0.15, 0.2) is 192 Å². The Balaban J connectivity index is 1.22. The molecular weight excluding hydrogens is 685 g/mol. The number of nitrogens with zero attached hydrogens (tertiary/aromatic N) is 2. The van der Waals surface area contributed by atoms with E-state index in [1.807, 2.05) is 17.4 Å². The predicted octanol–water partition coefficient (Wildman–Crippen LogP) is 14.0.